The molecule has 1 aromatic rings. The summed E-state index contributed by atoms with van der Waals surface area (Å²) >= 11 is 1.57. The van der Waals surface area contributed by atoms with Gasteiger partial charge < -0.3 is 9.80 Å². The first-order valence-electron chi connectivity index (χ1n) is 7.56. The van der Waals surface area contributed by atoms with Crippen molar-refractivity contribution in [3.8, 4) is 0 Å². The standard InChI is InChI=1S/C16H22N2OS/c19-16(14-6-11-20-13-14)5-10-18-9-3-4-15(18)12-17-7-1-2-8-17/h5-6,10-11,13,15H,1-4,7-9,12H2/b10-5+/t15-/m0/s1. The molecule has 4 heteroatoms. The van der Waals surface area contributed by atoms with Gasteiger partial charge in [-0.15, -0.1) is 0 Å². The molecular formula is C16H22N2OS. The SMILES string of the molecule is O=C(/C=C/N1CCC[C@H]1CN1CCCC1)c1ccsc1. The lowest BCUT2D eigenvalue weighted by molar-refractivity contribution is 0.104. The quantitative estimate of drug-likeness (QED) is 0.615. The number of hydrogen-bond donors (Lipinski definition) is 0. The van der Waals surface area contributed by atoms with Gasteiger partial charge in [-0.05, 0) is 50.2 Å². The normalized spacial score (nSPS) is 24.0. The Morgan fingerprint density at radius 1 is 1.30 bits per heavy atom. The van der Waals surface area contributed by atoms with E-state index in [1.54, 1.807) is 17.4 Å². The fourth-order valence-corrected chi connectivity index (χ4v) is 3.82. The number of ketones is 1. The third-order valence-electron chi connectivity index (χ3n) is 4.31. The topological polar surface area (TPSA) is 23.6 Å². The van der Waals surface area contributed by atoms with Gasteiger partial charge in [-0.3, -0.25) is 4.79 Å². The number of carbonyl (C=O) groups excluding carboxylic acids is 1. The third kappa shape index (κ3) is 3.30. The van der Waals surface area contributed by atoms with Crippen LogP contribution in [-0.2, 0) is 0 Å². The molecule has 1 atom stereocenters. The number of hydrogen-bond acceptors (Lipinski definition) is 4. The van der Waals surface area contributed by atoms with E-state index in [9.17, 15) is 4.79 Å². The largest absolute Gasteiger partial charge is 0.373 e. The van der Waals surface area contributed by atoms with E-state index in [-0.39, 0.29) is 5.78 Å². The van der Waals surface area contributed by atoms with Crippen LogP contribution in [0.15, 0.2) is 29.1 Å². The fourth-order valence-electron chi connectivity index (χ4n) is 3.18. The zero-order valence-corrected chi connectivity index (χ0v) is 12.6. The van der Waals surface area contributed by atoms with E-state index in [1.165, 1.54) is 38.8 Å². The van der Waals surface area contributed by atoms with Gasteiger partial charge in [0.2, 0.25) is 0 Å². The van der Waals surface area contributed by atoms with Crippen molar-refractivity contribution in [2.45, 2.75) is 31.7 Å². The highest BCUT2D eigenvalue weighted by atomic mass is 32.1. The summed E-state index contributed by atoms with van der Waals surface area (Å²) in [6.07, 6.45) is 8.96. The van der Waals surface area contributed by atoms with Crippen molar-refractivity contribution in [1.82, 2.24) is 9.80 Å². The van der Waals surface area contributed by atoms with Crippen molar-refractivity contribution in [2.24, 2.45) is 0 Å². The van der Waals surface area contributed by atoms with Crippen LogP contribution in [0.3, 0.4) is 0 Å². The van der Waals surface area contributed by atoms with Crippen LogP contribution in [-0.4, -0.2) is 47.8 Å². The zero-order valence-electron chi connectivity index (χ0n) is 11.8. The van der Waals surface area contributed by atoms with Crippen LogP contribution in [0.4, 0.5) is 0 Å². The predicted molar refractivity (Wildman–Crippen MR) is 83.2 cm³/mol. The van der Waals surface area contributed by atoms with E-state index < -0.39 is 0 Å². The molecule has 2 aliphatic heterocycles. The Hall–Kier alpha value is -1.13. The molecule has 0 bridgehead atoms. The summed E-state index contributed by atoms with van der Waals surface area (Å²) in [5.74, 6) is 0.123. The van der Waals surface area contributed by atoms with E-state index in [2.05, 4.69) is 9.80 Å². The first-order chi connectivity index (χ1) is 9.83. The summed E-state index contributed by atoms with van der Waals surface area (Å²) in [4.78, 5) is 16.9. The highest BCUT2D eigenvalue weighted by Gasteiger charge is 2.25. The van der Waals surface area contributed by atoms with Gasteiger partial charge in [-0.1, -0.05) is 0 Å². The van der Waals surface area contributed by atoms with Gasteiger partial charge >= 0.3 is 0 Å². The smallest absolute Gasteiger partial charge is 0.188 e. The second-order valence-corrected chi connectivity index (χ2v) is 6.51. The van der Waals surface area contributed by atoms with Crippen molar-refractivity contribution in [1.29, 1.82) is 0 Å². The molecule has 1 aromatic heterocycles. The zero-order chi connectivity index (χ0) is 13.8. The monoisotopic (exact) mass is 290 g/mol. The molecule has 0 aliphatic carbocycles. The molecule has 3 nitrogen and oxygen atoms in total. The van der Waals surface area contributed by atoms with Crippen LogP contribution >= 0.6 is 11.3 Å². The highest BCUT2D eigenvalue weighted by Crippen LogP contribution is 2.20. The summed E-state index contributed by atoms with van der Waals surface area (Å²) in [6, 6.07) is 2.49. The minimum Gasteiger partial charge on any atom is -0.373 e. The Labute approximate surface area is 124 Å². The van der Waals surface area contributed by atoms with Crippen LogP contribution in [0, 0.1) is 0 Å². The van der Waals surface area contributed by atoms with Crippen LogP contribution in [0.5, 0.6) is 0 Å². The highest BCUT2D eigenvalue weighted by molar-refractivity contribution is 7.08. The Kier molecular flexibility index (Phi) is 4.53. The summed E-state index contributed by atoms with van der Waals surface area (Å²) < 4.78 is 0. The molecule has 0 aromatic carbocycles. The van der Waals surface area contributed by atoms with Crippen molar-refractivity contribution in [3.05, 3.63) is 34.7 Å². The molecule has 0 saturated carbocycles. The lowest BCUT2D eigenvalue weighted by Crippen LogP contribution is -2.36. The number of likely N-dealkylation sites (tertiary alicyclic amines) is 2. The molecule has 0 spiro atoms. The third-order valence-corrected chi connectivity index (χ3v) is 5.00. The maximum absolute atomic E-state index is 12.0. The molecule has 108 valence electrons. The maximum Gasteiger partial charge on any atom is 0.188 e. The summed E-state index contributed by atoms with van der Waals surface area (Å²) in [5, 5.41) is 3.87. The van der Waals surface area contributed by atoms with Crippen LogP contribution in [0.2, 0.25) is 0 Å². The number of rotatable bonds is 5. The molecule has 2 aliphatic rings. The summed E-state index contributed by atoms with van der Waals surface area (Å²) in [5.41, 5.74) is 0.807. The van der Waals surface area contributed by atoms with Crippen LogP contribution in [0.1, 0.15) is 36.0 Å². The average Bonchev–Trinajstić information content (AvgIpc) is 3.20. The molecule has 2 fully saturated rings. The van der Waals surface area contributed by atoms with E-state index in [0.29, 0.717) is 6.04 Å². The Balaban J connectivity index is 1.56. The second kappa shape index (κ2) is 6.55. The molecule has 20 heavy (non-hydrogen) atoms. The molecular weight excluding hydrogens is 268 g/mol. The molecule has 0 radical (unpaired) electrons. The van der Waals surface area contributed by atoms with E-state index in [4.69, 9.17) is 0 Å². The van der Waals surface area contributed by atoms with Crippen LogP contribution < -0.4 is 0 Å². The van der Waals surface area contributed by atoms with Crippen molar-refractivity contribution >= 4 is 17.1 Å². The van der Waals surface area contributed by atoms with E-state index in [0.717, 1.165) is 18.7 Å². The number of carbonyl (C=O) groups is 1. The number of allylic oxidation sites excluding steroid dienone is 1. The second-order valence-electron chi connectivity index (χ2n) is 5.73. The molecule has 2 saturated heterocycles. The van der Waals surface area contributed by atoms with Crippen molar-refractivity contribution in [3.63, 3.8) is 0 Å². The summed E-state index contributed by atoms with van der Waals surface area (Å²) in [7, 11) is 0. The van der Waals surface area contributed by atoms with E-state index in [1.807, 2.05) is 23.0 Å². The fraction of sp³-hybridized carbons (Fsp3) is 0.562. The van der Waals surface area contributed by atoms with Gasteiger partial charge in [0, 0.05) is 42.4 Å². The van der Waals surface area contributed by atoms with E-state index >= 15 is 0 Å². The molecule has 0 amide bonds. The summed E-state index contributed by atoms with van der Waals surface area (Å²) in [6.45, 7) is 4.76. The Morgan fingerprint density at radius 2 is 2.15 bits per heavy atom. The predicted octanol–water partition coefficient (Wildman–Crippen LogP) is 3.00. The van der Waals surface area contributed by atoms with Gasteiger partial charge in [-0.2, -0.15) is 11.3 Å². The molecule has 3 rings (SSSR count). The van der Waals surface area contributed by atoms with Crippen molar-refractivity contribution in [2.75, 3.05) is 26.2 Å². The van der Waals surface area contributed by atoms with Crippen LogP contribution in [0.25, 0.3) is 0 Å². The van der Waals surface area contributed by atoms with Gasteiger partial charge in [-0.25, -0.2) is 0 Å². The molecule has 3 heterocycles. The van der Waals surface area contributed by atoms with Gasteiger partial charge in [0.25, 0.3) is 0 Å². The lowest BCUT2D eigenvalue weighted by Gasteiger charge is -2.27. The van der Waals surface area contributed by atoms with Gasteiger partial charge in [0.05, 0.1) is 0 Å². The van der Waals surface area contributed by atoms with Crippen molar-refractivity contribution < 1.29 is 4.79 Å². The first kappa shape index (κ1) is 13.8. The maximum atomic E-state index is 12.0. The Morgan fingerprint density at radius 3 is 2.90 bits per heavy atom. The lowest BCUT2D eigenvalue weighted by atomic mass is 10.2. The van der Waals surface area contributed by atoms with Gasteiger partial charge in [0.15, 0.2) is 5.78 Å². The minimum absolute atomic E-state index is 0.123. The van der Waals surface area contributed by atoms with Gasteiger partial charge in [0.1, 0.15) is 0 Å². The molecule has 0 unspecified atom stereocenters. The molecule has 0 N–H and O–H groups in total. The minimum atomic E-state index is 0.123. The Bertz CT molecular complexity index is 463. The first-order valence-corrected chi connectivity index (χ1v) is 8.50. The number of nitrogens with zero attached hydrogens (tertiary/aromatic N) is 2. The number of thiophene rings is 1. The average molecular weight is 290 g/mol.